The van der Waals surface area contributed by atoms with Gasteiger partial charge in [-0.15, -0.1) is 0 Å². The molecule has 0 aromatic heterocycles. The third-order valence-electron chi connectivity index (χ3n) is 3.26. The molecule has 0 amide bonds. The van der Waals surface area contributed by atoms with Gasteiger partial charge in [0.25, 0.3) is 0 Å². The van der Waals surface area contributed by atoms with E-state index in [4.69, 9.17) is 0 Å². The molecule has 3 heteroatoms. The topological polar surface area (TPSA) is 20.2 Å². The Morgan fingerprint density at radius 3 is 1.89 bits per heavy atom. The highest BCUT2D eigenvalue weighted by molar-refractivity contribution is 9.10. The summed E-state index contributed by atoms with van der Waals surface area (Å²) in [4.78, 5) is 0. The van der Waals surface area contributed by atoms with Gasteiger partial charge in [0.15, 0.2) is 0 Å². The van der Waals surface area contributed by atoms with Gasteiger partial charge in [-0.3, -0.25) is 0 Å². The molecule has 1 N–H and O–H groups in total. The molecule has 1 nitrogen and oxygen atoms in total. The molecule has 2 aromatic carbocycles. The molecule has 0 saturated heterocycles. The van der Waals surface area contributed by atoms with Gasteiger partial charge in [0.1, 0.15) is 0 Å². The number of benzene rings is 2. The summed E-state index contributed by atoms with van der Waals surface area (Å²) in [5.74, 6) is 0.205. The van der Waals surface area contributed by atoms with E-state index in [2.05, 4.69) is 68.3 Å². The fourth-order valence-electron chi connectivity index (χ4n) is 2.09. The first-order valence-corrected chi connectivity index (χ1v) is 7.88. The highest BCUT2D eigenvalue weighted by Gasteiger charge is 2.10. The summed E-state index contributed by atoms with van der Waals surface area (Å²) < 4.78 is 2.17. The maximum absolute atomic E-state index is 9.55. The number of aliphatic hydroxyl groups is 1. The van der Waals surface area contributed by atoms with Crippen molar-refractivity contribution in [3.05, 3.63) is 68.6 Å². The van der Waals surface area contributed by atoms with Crippen molar-refractivity contribution < 1.29 is 5.11 Å². The van der Waals surface area contributed by atoms with Crippen LogP contribution in [0.5, 0.6) is 0 Å². The summed E-state index contributed by atoms with van der Waals surface area (Å²) >= 11 is 6.87. The normalized spacial score (nSPS) is 12.4. The lowest BCUT2D eigenvalue weighted by molar-refractivity contribution is 0.259. The van der Waals surface area contributed by atoms with Gasteiger partial charge in [-0.2, -0.15) is 0 Å². The van der Waals surface area contributed by atoms with E-state index in [9.17, 15) is 5.11 Å². The number of aliphatic hydroxyl groups excluding tert-OH is 1. The number of hydrogen-bond acceptors (Lipinski definition) is 1. The number of hydrogen-bond donors (Lipinski definition) is 1. The second-order valence-corrected chi connectivity index (χ2v) is 6.43. The zero-order chi connectivity index (χ0) is 13.7. The summed E-state index contributed by atoms with van der Waals surface area (Å²) in [5.41, 5.74) is 2.50. The van der Waals surface area contributed by atoms with Crippen molar-refractivity contribution >= 4 is 31.9 Å². The smallest absolute Gasteiger partial charge is 0.0499 e. The molecule has 19 heavy (non-hydrogen) atoms. The Kier molecular flexibility index (Phi) is 5.61. The van der Waals surface area contributed by atoms with Crippen molar-refractivity contribution in [2.75, 3.05) is 6.61 Å². The van der Waals surface area contributed by atoms with E-state index < -0.39 is 0 Å². The second kappa shape index (κ2) is 7.22. The molecule has 0 saturated carbocycles. The van der Waals surface area contributed by atoms with Gasteiger partial charge >= 0.3 is 0 Å². The van der Waals surface area contributed by atoms with Crippen LogP contribution in [0, 0.1) is 0 Å². The fraction of sp³-hybridized carbons (Fsp3) is 0.250. The molecule has 2 aromatic rings. The molecule has 1 atom stereocenters. The van der Waals surface area contributed by atoms with Crippen molar-refractivity contribution in [2.45, 2.75) is 18.8 Å². The molecule has 1 unspecified atom stereocenters. The van der Waals surface area contributed by atoms with Crippen LogP contribution in [-0.2, 0) is 6.42 Å². The van der Waals surface area contributed by atoms with Crippen LogP contribution in [0.3, 0.4) is 0 Å². The molecule has 0 aliphatic rings. The maximum Gasteiger partial charge on any atom is 0.0499 e. The van der Waals surface area contributed by atoms with Crippen LogP contribution in [0.4, 0.5) is 0 Å². The minimum absolute atomic E-state index is 0.193. The van der Waals surface area contributed by atoms with Crippen molar-refractivity contribution in [2.24, 2.45) is 0 Å². The van der Waals surface area contributed by atoms with Gasteiger partial charge in [0.05, 0.1) is 0 Å². The highest BCUT2D eigenvalue weighted by atomic mass is 79.9. The first-order valence-electron chi connectivity index (χ1n) is 6.30. The largest absolute Gasteiger partial charge is 0.396 e. The zero-order valence-corrected chi connectivity index (χ0v) is 13.7. The molecule has 0 aliphatic carbocycles. The van der Waals surface area contributed by atoms with E-state index >= 15 is 0 Å². The Hall–Kier alpha value is -0.640. The summed E-state index contributed by atoms with van der Waals surface area (Å²) in [6.07, 6.45) is 1.94. The lowest BCUT2D eigenvalue weighted by atomic mass is 9.93. The van der Waals surface area contributed by atoms with E-state index in [1.165, 1.54) is 11.1 Å². The van der Waals surface area contributed by atoms with Crippen LogP contribution < -0.4 is 0 Å². The van der Waals surface area contributed by atoms with Gasteiger partial charge in [0, 0.05) is 21.5 Å². The summed E-state index contributed by atoms with van der Waals surface area (Å²) in [6, 6.07) is 16.6. The molecule has 2 rings (SSSR count). The molecule has 0 fully saturated rings. The van der Waals surface area contributed by atoms with Gasteiger partial charge in [-0.25, -0.2) is 0 Å². The number of rotatable bonds is 5. The molecular formula is C16H16Br2O. The zero-order valence-electron chi connectivity index (χ0n) is 10.5. The monoisotopic (exact) mass is 382 g/mol. The molecule has 0 bridgehead atoms. The predicted molar refractivity (Wildman–Crippen MR) is 86.4 cm³/mol. The van der Waals surface area contributed by atoms with Gasteiger partial charge < -0.3 is 5.11 Å². The first kappa shape index (κ1) is 14.8. The van der Waals surface area contributed by atoms with Crippen LogP contribution in [0.2, 0.25) is 0 Å². The fourth-order valence-corrected chi connectivity index (χ4v) is 2.62. The minimum atomic E-state index is 0.193. The molecule has 0 radical (unpaired) electrons. The Bertz CT molecular complexity index is 505. The molecule has 100 valence electrons. The SMILES string of the molecule is OCC(CCc1ccc(Br)cc1)c1ccc(Br)cc1. The van der Waals surface area contributed by atoms with Crippen molar-refractivity contribution in [3.8, 4) is 0 Å². The summed E-state index contributed by atoms with van der Waals surface area (Å²) in [7, 11) is 0. The Labute approximate surface area is 130 Å². The van der Waals surface area contributed by atoms with Crippen molar-refractivity contribution in [1.29, 1.82) is 0 Å². The molecular weight excluding hydrogens is 368 g/mol. The van der Waals surface area contributed by atoms with E-state index in [-0.39, 0.29) is 12.5 Å². The van der Waals surface area contributed by atoms with Crippen LogP contribution in [0.15, 0.2) is 57.5 Å². The Morgan fingerprint density at radius 1 is 0.842 bits per heavy atom. The van der Waals surface area contributed by atoms with Crippen molar-refractivity contribution in [1.82, 2.24) is 0 Å². The average Bonchev–Trinajstić information content (AvgIpc) is 2.43. The second-order valence-electron chi connectivity index (χ2n) is 4.60. The van der Waals surface area contributed by atoms with E-state index in [1.807, 2.05) is 12.1 Å². The molecule has 0 heterocycles. The third-order valence-corrected chi connectivity index (χ3v) is 4.31. The highest BCUT2D eigenvalue weighted by Crippen LogP contribution is 2.23. The average molecular weight is 384 g/mol. The first-order chi connectivity index (χ1) is 9.19. The van der Waals surface area contributed by atoms with Crippen LogP contribution >= 0.6 is 31.9 Å². The Balaban J connectivity index is 1.99. The van der Waals surface area contributed by atoms with Crippen LogP contribution in [0.1, 0.15) is 23.5 Å². The van der Waals surface area contributed by atoms with Gasteiger partial charge in [0.2, 0.25) is 0 Å². The van der Waals surface area contributed by atoms with E-state index in [0.717, 1.165) is 21.8 Å². The van der Waals surface area contributed by atoms with Crippen molar-refractivity contribution in [3.63, 3.8) is 0 Å². The standard InChI is InChI=1S/C16H16Br2O/c17-15-7-2-12(3-8-15)1-4-14(11-19)13-5-9-16(18)10-6-13/h2-3,5-10,14,19H,1,4,11H2. The van der Waals surface area contributed by atoms with Gasteiger partial charge in [-0.1, -0.05) is 56.1 Å². The summed E-state index contributed by atoms with van der Waals surface area (Å²) in [5, 5.41) is 9.55. The summed E-state index contributed by atoms with van der Waals surface area (Å²) in [6.45, 7) is 0.193. The van der Waals surface area contributed by atoms with Gasteiger partial charge in [-0.05, 0) is 48.2 Å². The third kappa shape index (κ3) is 4.44. The number of halogens is 2. The maximum atomic E-state index is 9.55. The van der Waals surface area contributed by atoms with Crippen LogP contribution in [-0.4, -0.2) is 11.7 Å². The Morgan fingerprint density at radius 2 is 1.37 bits per heavy atom. The van der Waals surface area contributed by atoms with Crippen LogP contribution in [0.25, 0.3) is 0 Å². The van der Waals surface area contributed by atoms with E-state index in [0.29, 0.717) is 0 Å². The predicted octanol–water partition coefficient (Wildman–Crippen LogP) is 4.92. The molecule has 0 aliphatic heterocycles. The number of aryl methyl sites for hydroxylation is 1. The minimum Gasteiger partial charge on any atom is -0.396 e. The van der Waals surface area contributed by atoms with E-state index in [1.54, 1.807) is 0 Å². The lowest BCUT2D eigenvalue weighted by Crippen LogP contribution is -2.05. The quantitative estimate of drug-likeness (QED) is 0.776. The lowest BCUT2D eigenvalue weighted by Gasteiger charge is -2.14. The molecule has 0 spiro atoms.